The van der Waals surface area contributed by atoms with Gasteiger partial charge in [0.15, 0.2) is 0 Å². The summed E-state index contributed by atoms with van der Waals surface area (Å²) >= 11 is 1.69. The molecule has 0 bridgehead atoms. The maximum Gasteiger partial charge on any atom is 0.0401 e. The fourth-order valence-corrected chi connectivity index (χ4v) is 1.59. The summed E-state index contributed by atoms with van der Waals surface area (Å²) in [4.78, 5) is 1.23. The average Bonchev–Trinajstić information content (AvgIpc) is 2.38. The predicted molar refractivity (Wildman–Crippen MR) is 52.2 cm³/mol. The van der Waals surface area contributed by atoms with E-state index < -0.39 is 0 Å². The molecule has 0 aromatic carbocycles. The van der Waals surface area contributed by atoms with E-state index in [0.717, 1.165) is 6.42 Å². The largest absolute Gasteiger partial charge is 0.330 e. The van der Waals surface area contributed by atoms with Gasteiger partial charge in [-0.15, -0.1) is 23.7 Å². The molecule has 11 heavy (non-hydrogen) atoms. The van der Waals surface area contributed by atoms with Gasteiger partial charge in [-0.1, -0.05) is 6.07 Å². The zero-order chi connectivity index (χ0) is 7.40. The molecule has 0 aliphatic rings. The van der Waals surface area contributed by atoms with Crippen LogP contribution in [-0.4, -0.2) is 6.54 Å². The van der Waals surface area contributed by atoms with Crippen LogP contribution in [0, 0.1) is 0 Å². The van der Waals surface area contributed by atoms with Crippen molar-refractivity contribution in [2.45, 2.75) is 12.5 Å². The fourth-order valence-electron chi connectivity index (χ4n) is 0.824. The molecular weight excluding hydrogens is 180 g/mol. The molecule has 0 spiro atoms. The highest BCUT2D eigenvalue weighted by Gasteiger charge is 2.03. The predicted octanol–water partition coefficient (Wildman–Crippen LogP) is 1.52. The van der Waals surface area contributed by atoms with E-state index in [0.29, 0.717) is 6.54 Å². The first-order valence-corrected chi connectivity index (χ1v) is 4.21. The first-order valence-electron chi connectivity index (χ1n) is 3.33. The molecular formula is C7H13ClN2S. The molecule has 0 saturated heterocycles. The quantitative estimate of drug-likeness (QED) is 0.763. The lowest BCUT2D eigenvalue weighted by atomic mass is 10.2. The molecule has 1 heterocycles. The van der Waals surface area contributed by atoms with Crippen LogP contribution in [0.4, 0.5) is 0 Å². The second-order valence-corrected chi connectivity index (χ2v) is 3.18. The van der Waals surface area contributed by atoms with E-state index in [2.05, 4.69) is 0 Å². The molecule has 1 aromatic rings. The lowest BCUT2D eigenvalue weighted by Gasteiger charge is -2.05. The Morgan fingerprint density at radius 3 is 2.73 bits per heavy atom. The number of rotatable bonds is 3. The zero-order valence-electron chi connectivity index (χ0n) is 6.19. The summed E-state index contributed by atoms with van der Waals surface area (Å²) in [6.45, 7) is 0.666. The summed E-state index contributed by atoms with van der Waals surface area (Å²) in [5.74, 6) is 0. The average molecular weight is 193 g/mol. The molecule has 0 aliphatic carbocycles. The maximum absolute atomic E-state index is 5.78. The molecule has 0 saturated carbocycles. The van der Waals surface area contributed by atoms with Crippen molar-refractivity contribution < 1.29 is 0 Å². The van der Waals surface area contributed by atoms with Crippen molar-refractivity contribution in [3.05, 3.63) is 22.4 Å². The second kappa shape index (κ2) is 5.55. The number of hydrogen-bond donors (Lipinski definition) is 2. The van der Waals surface area contributed by atoms with Crippen molar-refractivity contribution in [2.75, 3.05) is 6.54 Å². The van der Waals surface area contributed by atoms with Gasteiger partial charge in [0.2, 0.25) is 0 Å². The Morgan fingerprint density at radius 2 is 2.27 bits per heavy atom. The maximum atomic E-state index is 5.78. The summed E-state index contributed by atoms with van der Waals surface area (Å²) in [5.41, 5.74) is 11.1. The lowest BCUT2D eigenvalue weighted by molar-refractivity contribution is 0.672. The highest BCUT2D eigenvalue weighted by atomic mass is 35.5. The minimum absolute atomic E-state index is 0. The van der Waals surface area contributed by atoms with E-state index in [1.54, 1.807) is 11.3 Å². The Balaban J connectivity index is 0.000001000. The normalized spacial score (nSPS) is 12.2. The molecule has 0 unspecified atom stereocenters. The van der Waals surface area contributed by atoms with Crippen LogP contribution in [0.3, 0.4) is 0 Å². The summed E-state index contributed by atoms with van der Waals surface area (Å²) in [6, 6.07) is 4.20. The van der Waals surface area contributed by atoms with Gasteiger partial charge in [0.05, 0.1) is 0 Å². The van der Waals surface area contributed by atoms with E-state index in [-0.39, 0.29) is 18.4 Å². The van der Waals surface area contributed by atoms with Gasteiger partial charge in [0.25, 0.3) is 0 Å². The Morgan fingerprint density at radius 1 is 1.55 bits per heavy atom. The first kappa shape index (κ1) is 10.9. The summed E-state index contributed by atoms with van der Waals surface area (Å²) < 4.78 is 0. The third kappa shape index (κ3) is 3.20. The van der Waals surface area contributed by atoms with E-state index >= 15 is 0 Å². The molecule has 1 aromatic heterocycles. The van der Waals surface area contributed by atoms with Crippen LogP contribution in [0.15, 0.2) is 17.5 Å². The number of hydrogen-bond acceptors (Lipinski definition) is 3. The Labute approximate surface area is 77.0 Å². The van der Waals surface area contributed by atoms with E-state index in [1.165, 1.54) is 4.88 Å². The molecule has 0 amide bonds. The third-order valence-corrected chi connectivity index (χ3v) is 2.39. The smallest absolute Gasteiger partial charge is 0.0401 e. The summed E-state index contributed by atoms with van der Waals surface area (Å²) in [7, 11) is 0. The molecule has 4 heteroatoms. The van der Waals surface area contributed by atoms with E-state index in [1.807, 2.05) is 17.5 Å². The second-order valence-electron chi connectivity index (χ2n) is 2.20. The molecule has 4 N–H and O–H groups in total. The van der Waals surface area contributed by atoms with Crippen molar-refractivity contribution in [2.24, 2.45) is 11.5 Å². The van der Waals surface area contributed by atoms with Gasteiger partial charge in [0, 0.05) is 10.9 Å². The SMILES string of the molecule is Cl.NCC[C@@H](N)c1cccs1. The highest BCUT2D eigenvalue weighted by Crippen LogP contribution is 2.18. The Kier molecular flexibility index (Phi) is 5.50. The van der Waals surface area contributed by atoms with Crippen LogP contribution in [0.5, 0.6) is 0 Å². The molecule has 1 atom stereocenters. The minimum Gasteiger partial charge on any atom is -0.330 e. The summed E-state index contributed by atoms with van der Waals surface area (Å²) in [6.07, 6.45) is 0.876. The van der Waals surface area contributed by atoms with Crippen LogP contribution in [0.25, 0.3) is 0 Å². The van der Waals surface area contributed by atoms with Crippen molar-refractivity contribution in [3.8, 4) is 0 Å². The van der Waals surface area contributed by atoms with E-state index in [4.69, 9.17) is 11.5 Å². The van der Waals surface area contributed by atoms with Crippen LogP contribution in [-0.2, 0) is 0 Å². The molecule has 64 valence electrons. The Hall–Kier alpha value is -0.0900. The van der Waals surface area contributed by atoms with Crippen molar-refractivity contribution in [1.29, 1.82) is 0 Å². The van der Waals surface area contributed by atoms with Crippen molar-refractivity contribution in [1.82, 2.24) is 0 Å². The molecule has 0 radical (unpaired) electrons. The number of halogens is 1. The van der Waals surface area contributed by atoms with Gasteiger partial charge < -0.3 is 11.5 Å². The van der Waals surface area contributed by atoms with Crippen LogP contribution in [0.2, 0.25) is 0 Å². The van der Waals surface area contributed by atoms with Gasteiger partial charge in [-0.3, -0.25) is 0 Å². The first-order chi connectivity index (χ1) is 4.84. The monoisotopic (exact) mass is 192 g/mol. The Bertz CT molecular complexity index is 177. The molecule has 1 rings (SSSR count). The molecule has 0 aliphatic heterocycles. The highest BCUT2D eigenvalue weighted by molar-refractivity contribution is 7.10. The van der Waals surface area contributed by atoms with Gasteiger partial charge in [-0.25, -0.2) is 0 Å². The van der Waals surface area contributed by atoms with Crippen LogP contribution >= 0.6 is 23.7 Å². The topological polar surface area (TPSA) is 52.0 Å². The standard InChI is InChI=1S/C7H12N2S.ClH/c8-4-3-6(9)7-2-1-5-10-7;/h1-2,5-6H,3-4,8-9H2;1H/t6-;/m1./s1. The van der Waals surface area contributed by atoms with Crippen LogP contribution in [0.1, 0.15) is 17.3 Å². The van der Waals surface area contributed by atoms with Crippen molar-refractivity contribution in [3.63, 3.8) is 0 Å². The van der Waals surface area contributed by atoms with Crippen LogP contribution < -0.4 is 11.5 Å². The van der Waals surface area contributed by atoms with Gasteiger partial charge in [-0.05, 0) is 24.4 Å². The molecule has 0 fully saturated rings. The fraction of sp³-hybridized carbons (Fsp3) is 0.429. The van der Waals surface area contributed by atoms with Crippen molar-refractivity contribution >= 4 is 23.7 Å². The molecule has 2 nitrogen and oxygen atoms in total. The lowest BCUT2D eigenvalue weighted by Crippen LogP contribution is -2.13. The minimum atomic E-state index is 0. The van der Waals surface area contributed by atoms with Gasteiger partial charge >= 0.3 is 0 Å². The van der Waals surface area contributed by atoms with Gasteiger partial charge in [0.1, 0.15) is 0 Å². The summed E-state index contributed by atoms with van der Waals surface area (Å²) in [5, 5.41) is 2.03. The third-order valence-electron chi connectivity index (χ3n) is 1.39. The number of thiophene rings is 1. The number of nitrogens with two attached hydrogens (primary N) is 2. The van der Waals surface area contributed by atoms with Gasteiger partial charge in [-0.2, -0.15) is 0 Å². The zero-order valence-corrected chi connectivity index (χ0v) is 7.83. The van der Waals surface area contributed by atoms with E-state index in [9.17, 15) is 0 Å².